The summed E-state index contributed by atoms with van der Waals surface area (Å²) >= 11 is 0. The number of piperidine rings is 1. The van der Waals surface area contributed by atoms with E-state index in [1.165, 1.54) is 5.56 Å². The van der Waals surface area contributed by atoms with Gasteiger partial charge in [0.2, 0.25) is 0 Å². The van der Waals surface area contributed by atoms with Crippen molar-refractivity contribution in [2.75, 3.05) is 26.7 Å². The summed E-state index contributed by atoms with van der Waals surface area (Å²) < 4.78 is 6.97. The third kappa shape index (κ3) is 5.02. The van der Waals surface area contributed by atoms with Crippen LogP contribution in [0.5, 0.6) is 0 Å². The number of likely N-dealkylation sites (N-methyl/N-ethyl adjacent to an activating group) is 1. The van der Waals surface area contributed by atoms with Gasteiger partial charge in [-0.25, -0.2) is 4.79 Å². The first-order chi connectivity index (χ1) is 15.0. The molecule has 1 N–H and O–H groups in total. The summed E-state index contributed by atoms with van der Waals surface area (Å²) in [5, 5.41) is 11.7. The first-order valence-electron chi connectivity index (χ1n) is 11.9. The Balaban J connectivity index is 1.44. The van der Waals surface area contributed by atoms with Crippen molar-refractivity contribution in [3.05, 3.63) is 71.8 Å². The Morgan fingerprint density at radius 3 is 2.32 bits per heavy atom. The summed E-state index contributed by atoms with van der Waals surface area (Å²) in [5.41, 5.74) is 0.479. The van der Waals surface area contributed by atoms with Gasteiger partial charge in [0.15, 0.2) is 11.7 Å². The van der Waals surface area contributed by atoms with Crippen molar-refractivity contribution >= 4 is 5.97 Å². The molecule has 1 saturated heterocycles. The molecule has 0 aromatic heterocycles. The Hall–Kier alpha value is -2.17. The Morgan fingerprint density at radius 2 is 1.65 bits per heavy atom. The van der Waals surface area contributed by atoms with Crippen molar-refractivity contribution in [1.29, 1.82) is 0 Å². The van der Waals surface area contributed by atoms with Crippen LogP contribution < -0.4 is 0 Å². The Labute approximate surface area is 186 Å². The fourth-order valence-electron chi connectivity index (χ4n) is 5.52. The summed E-state index contributed by atoms with van der Waals surface area (Å²) in [7, 11) is 2.27. The molecule has 1 saturated carbocycles. The quantitative estimate of drug-likeness (QED) is 0.529. The van der Waals surface area contributed by atoms with E-state index in [0.717, 1.165) is 69.1 Å². The molecule has 3 atom stereocenters. The normalized spacial score (nSPS) is 26.3. The van der Waals surface area contributed by atoms with Gasteiger partial charge in [-0.1, -0.05) is 73.5 Å². The molecule has 1 heterocycles. The second-order valence-electron chi connectivity index (χ2n) is 9.77. The number of quaternary nitrogens is 1. The SMILES string of the molecule is C[N+]1(CCc2ccccc2)CCCC(OC(=O)[C@](O)(c2ccccc2)C2CCCC2)C1. The summed E-state index contributed by atoms with van der Waals surface area (Å²) in [4.78, 5) is 13.4. The molecule has 2 aromatic rings. The van der Waals surface area contributed by atoms with Crippen molar-refractivity contribution < 1.29 is 19.1 Å². The van der Waals surface area contributed by atoms with E-state index >= 15 is 0 Å². The Morgan fingerprint density at radius 1 is 1.00 bits per heavy atom. The maximum Gasteiger partial charge on any atom is 0.343 e. The zero-order valence-electron chi connectivity index (χ0n) is 18.7. The third-order valence-electron chi connectivity index (χ3n) is 7.40. The summed E-state index contributed by atoms with van der Waals surface area (Å²) in [6, 6.07) is 20.0. The average Bonchev–Trinajstić information content (AvgIpc) is 3.34. The van der Waals surface area contributed by atoms with Gasteiger partial charge >= 0.3 is 5.97 Å². The summed E-state index contributed by atoms with van der Waals surface area (Å²) in [6.07, 6.45) is 6.66. The predicted octanol–water partition coefficient (Wildman–Crippen LogP) is 4.46. The van der Waals surface area contributed by atoms with Crippen LogP contribution in [0.25, 0.3) is 0 Å². The number of ether oxygens (including phenoxy) is 1. The largest absolute Gasteiger partial charge is 0.454 e. The molecule has 0 spiro atoms. The molecule has 1 aliphatic heterocycles. The summed E-state index contributed by atoms with van der Waals surface area (Å²) in [5.74, 6) is -0.517. The predicted molar refractivity (Wildman–Crippen MR) is 122 cm³/mol. The second kappa shape index (κ2) is 9.54. The topological polar surface area (TPSA) is 46.5 Å². The molecule has 2 aliphatic rings. The van der Waals surface area contributed by atoms with Crippen LogP contribution in [0.4, 0.5) is 0 Å². The monoisotopic (exact) mass is 422 g/mol. The highest BCUT2D eigenvalue weighted by Gasteiger charge is 2.49. The van der Waals surface area contributed by atoms with Crippen LogP contribution in [0.2, 0.25) is 0 Å². The molecule has 2 fully saturated rings. The smallest absolute Gasteiger partial charge is 0.343 e. The molecule has 4 heteroatoms. The number of esters is 1. The van der Waals surface area contributed by atoms with Gasteiger partial charge in [-0.05, 0) is 30.4 Å². The van der Waals surface area contributed by atoms with E-state index in [2.05, 4.69) is 31.3 Å². The van der Waals surface area contributed by atoms with Crippen LogP contribution in [-0.4, -0.2) is 48.3 Å². The van der Waals surface area contributed by atoms with Crippen molar-refractivity contribution in [3.8, 4) is 0 Å². The van der Waals surface area contributed by atoms with Gasteiger partial charge in [-0.2, -0.15) is 0 Å². The fourth-order valence-corrected chi connectivity index (χ4v) is 5.52. The molecular formula is C27H36NO3+. The second-order valence-corrected chi connectivity index (χ2v) is 9.77. The highest BCUT2D eigenvalue weighted by molar-refractivity contribution is 5.81. The van der Waals surface area contributed by atoms with E-state index in [1.54, 1.807) is 0 Å². The van der Waals surface area contributed by atoms with E-state index in [-0.39, 0.29) is 12.0 Å². The highest BCUT2D eigenvalue weighted by Crippen LogP contribution is 2.42. The van der Waals surface area contributed by atoms with Gasteiger partial charge in [-0.15, -0.1) is 0 Å². The van der Waals surface area contributed by atoms with Crippen molar-refractivity contribution in [1.82, 2.24) is 0 Å². The molecule has 0 bridgehead atoms. The number of nitrogens with zero attached hydrogens (tertiary/aromatic N) is 1. The number of carbonyl (C=O) groups is 1. The first-order valence-corrected chi connectivity index (χ1v) is 11.9. The molecule has 0 amide bonds. The number of hydrogen-bond donors (Lipinski definition) is 1. The average molecular weight is 423 g/mol. The molecule has 4 rings (SSSR count). The lowest BCUT2D eigenvalue weighted by atomic mass is 9.80. The van der Waals surface area contributed by atoms with Crippen LogP contribution in [0.3, 0.4) is 0 Å². The third-order valence-corrected chi connectivity index (χ3v) is 7.40. The van der Waals surface area contributed by atoms with Crippen LogP contribution in [0.1, 0.15) is 49.7 Å². The van der Waals surface area contributed by atoms with E-state index in [0.29, 0.717) is 5.56 Å². The fraction of sp³-hybridized carbons (Fsp3) is 0.519. The summed E-state index contributed by atoms with van der Waals surface area (Å²) in [6.45, 7) is 2.95. The Bertz CT molecular complexity index is 849. The number of likely N-dealkylation sites (tertiary alicyclic amines) is 1. The molecule has 166 valence electrons. The van der Waals surface area contributed by atoms with Gasteiger partial charge in [0.1, 0.15) is 6.54 Å². The molecule has 4 nitrogen and oxygen atoms in total. The molecule has 2 aromatic carbocycles. The minimum atomic E-state index is -1.54. The van der Waals surface area contributed by atoms with Gasteiger partial charge in [0.25, 0.3) is 0 Å². The minimum Gasteiger partial charge on any atom is -0.454 e. The van der Waals surface area contributed by atoms with Gasteiger partial charge in [0, 0.05) is 18.8 Å². The lowest BCUT2D eigenvalue weighted by Gasteiger charge is -2.42. The molecule has 1 aliphatic carbocycles. The van der Waals surface area contributed by atoms with Gasteiger partial charge in [-0.3, -0.25) is 0 Å². The molecule has 0 radical (unpaired) electrons. The van der Waals surface area contributed by atoms with Gasteiger partial charge < -0.3 is 14.3 Å². The first kappa shape index (κ1) is 22.0. The van der Waals surface area contributed by atoms with E-state index in [9.17, 15) is 9.90 Å². The number of aliphatic hydroxyl groups is 1. The van der Waals surface area contributed by atoms with Gasteiger partial charge in [0.05, 0.1) is 20.1 Å². The lowest BCUT2D eigenvalue weighted by molar-refractivity contribution is -0.916. The number of carbonyl (C=O) groups excluding carboxylic acids is 1. The number of rotatable bonds is 7. The number of benzene rings is 2. The van der Waals surface area contributed by atoms with Crippen LogP contribution in [0.15, 0.2) is 60.7 Å². The van der Waals surface area contributed by atoms with Crippen molar-refractivity contribution in [2.24, 2.45) is 5.92 Å². The maximum atomic E-state index is 13.4. The zero-order valence-corrected chi connectivity index (χ0v) is 18.7. The van der Waals surface area contributed by atoms with Crippen molar-refractivity contribution in [3.63, 3.8) is 0 Å². The standard InChI is InChI=1S/C27H36NO3/c1-28(20-18-22-11-4-2-5-12-22)19-10-17-25(21-28)31-26(29)27(30,24-15-8-9-16-24)23-13-6-3-7-14-23/h2-7,11-14,24-25,30H,8-10,15-21H2,1H3/q+1/t25?,27-,28?/m0/s1. The van der Waals surface area contributed by atoms with E-state index < -0.39 is 11.6 Å². The van der Waals surface area contributed by atoms with Crippen LogP contribution in [-0.2, 0) is 21.6 Å². The minimum absolute atomic E-state index is 0.0649. The molecule has 2 unspecified atom stereocenters. The van der Waals surface area contributed by atoms with Crippen molar-refractivity contribution in [2.45, 2.75) is 56.7 Å². The number of hydrogen-bond acceptors (Lipinski definition) is 3. The van der Waals surface area contributed by atoms with Crippen LogP contribution >= 0.6 is 0 Å². The lowest BCUT2D eigenvalue weighted by Crippen LogP contribution is -2.56. The molecule has 31 heavy (non-hydrogen) atoms. The van der Waals surface area contributed by atoms with Crippen LogP contribution in [0, 0.1) is 5.92 Å². The maximum absolute atomic E-state index is 13.4. The zero-order chi connectivity index (χ0) is 21.7. The molecular weight excluding hydrogens is 386 g/mol. The van der Waals surface area contributed by atoms with E-state index in [1.807, 2.05) is 36.4 Å². The Kier molecular flexibility index (Phi) is 6.78. The van der Waals surface area contributed by atoms with E-state index in [4.69, 9.17) is 4.74 Å². The highest BCUT2D eigenvalue weighted by atomic mass is 16.6.